The Hall–Kier alpha value is -3.52. The number of aromatic nitrogens is 2. The molecular formula is C28H32FN5O2. The molecule has 2 aliphatic heterocycles. The Morgan fingerprint density at radius 3 is 2.53 bits per heavy atom. The zero-order valence-corrected chi connectivity index (χ0v) is 20.4. The monoisotopic (exact) mass is 489 g/mol. The summed E-state index contributed by atoms with van der Waals surface area (Å²) in [5.74, 6) is -1.10. The van der Waals surface area contributed by atoms with Gasteiger partial charge in [-0.2, -0.15) is 5.10 Å². The summed E-state index contributed by atoms with van der Waals surface area (Å²) in [6.45, 7) is 4.70. The molecule has 1 atom stereocenters. The molecule has 3 aromatic rings. The number of halogens is 1. The van der Waals surface area contributed by atoms with Gasteiger partial charge in [-0.3, -0.25) is 19.2 Å². The Balaban J connectivity index is 1.18. The number of rotatable bonds is 6. The van der Waals surface area contributed by atoms with Crippen LogP contribution in [-0.4, -0.2) is 57.6 Å². The van der Waals surface area contributed by atoms with E-state index >= 15 is 0 Å². The second-order valence-corrected chi connectivity index (χ2v) is 10.1. The molecule has 188 valence electrons. The summed E-state index contributed by atoms with van der Waals surface area (Å²) in [5.41, 5.74) is 1.86. The Kier molecular flexibility index (Phi) is 7.13. The van der Waals surface area contributed by atoms with Gasteiger partial charge in [0.1, 0.15) is 12.4 Å². The normalized spacial score (nSPS) is 20.4. The quantitative estimate of drug-likeness (QED) is 0.564. The lowest BCUT2D eigenvalue weighted by Gasteiger charge is -2.48. The minimum atomic E-state index is -0.582. The van der Waals surface area contributed by atoms with Gasteiger partial charge in [-0.25, -0.2) is 4.39 Å². The van der Waals surface area contributed by atoms with Crippen molar-refractivity contribution in [3.63, 3.8) is 0 Å². The number of likely N-dealkylation sites (tertiary alicyclic amines) is 2. The number of hydrogen-bond donors (Lipinski definition) is 1. The molecule has 3 heterocycles. The molecule has 2 saturated heterocycles. The summed E-state index contributed by atoms with van der Waals surface area (Å²) < 4.78 is 15.4. The van der Waals surface area contributed by atoms with Crippen LogP contribution in [0.3, 0.4) is 0 Å². The molecule has 0 saturated carbocycles. The number of carbonyl (C=O) groups excluding carboxylic acids is 2. The van der Waals surface area contributed by atoms with E-state index in [1.54, 1.807) is 12.3 Å². The molecule has 5 rings (SSSR count). The number of nitrogens with one attached hydrogen (secondary N) is 1. The van der Waals surface area contributed by atoms with Gasteiger partial charge >= 0.3 is 0 Å². The fraction of sp³-hybridized carbons (Fsp3) is 0.393. The van der Waals surface area contributed by atoms with Crippen LogP contribution in [0.2, 0.25) is 0 Å². The number of anilines is 1. The second kappa shape index (κ2) is 10.6. The topological polar surface area (TPSA) is 70.5 Å². The second-order valence-electron chi connectivity index (χ2n) is 10.1. The van der Waals surface area contributed by atoms with E-state index in [2.05, 4.69) is 39.6 Å². The predicted octanol–water partition coefficient (Wildman–Crippen LogP) is 4.18. The Morgan fingerprint density at radius 1 is 0.972 bits per heavy atom. The summed E-state index contributed by atoms with van der Waals surface area (Å²) in [6.07, 6.45) is 7.55. The summed E-state index contributed by atoms with van der Waals surface area (Å²) in [5, 5.41) is 6.89. The first kappa shape index (κ1) is 24.2. The van der Waals surface area contributed by atoms with E-state index in [0.29, 0.717) is 5.69 Å². The van der Waals surface area contributed by atoms with Crippen LogP contribution in [0.1, 0.15) is 41.6 Å². The molecule has 1 aromatic heterocycles. The highest BCUT2D eigenvalue weighted by atomic mass is 19.1. The highest BCUT2D eigenvalue weighted by molar-refractivity contribution is 6.04. The average Bonchev–Trinajstić information content (AvgIpc) is 3.31. The highest BCUT2D eigenvalue weighted by Gasteiger charge is 2.40. The third-order valence-corrected chi connectivity index (χ3v) is 7.31. The van der Waals surface area contributed by atoms with Gasteiger partial charge in [-0.1, -0.05) is 42.5 Å². The fourth-order valence-electron chi connectivity index (χ4n) is 5.64. The predicted molar refractivity (Wildman–Crippen MR) is 136 cm³/mol. The maximum Gasteiger partial charge on any atom is 0.258 e. The lowest BCUT2D eigenvalue weighted by Crippen LogP contribution is -2.53. The van der Waals surface area contributed by atoms with Crippen LogP contribution in [0, 0.1) is 11.2 Å². The van der Waals surface area contributed by atoms with E-state index in [9.17, 15) is 14.0 Å². The zero-order valence-electron chi connectivity index (χ0n) is 20.4. The first-order chi connectivity index (χ1) is 17.5. The zero-order chi connectivity index (χ0) is 25.0. The fourth-order valence-corrected chi connectivity index (χ4v) is 5.64. The van der Waals surface area contributed by atoms with E-state index in [-0.39, 0.29) is 23.4 Å². The largest absolute Gasteiger partial charge is 0.340 e. The standard InChI is InChI=1S/C28H32FN5O2/c29-25-11-5-4-10-24(25)27(36)31-23-16-30-34(18-23)19-26(35)33-15-7-13-28(21-33)12-6-14-32(20-28)17-22-8-2-1-3-9-22/h1-5,8-11,16,18H,6-7,12-15,17,19-21H2,(H,31,36)/t28-/m1/s1. The summed E-state index contributed by atoms with van der Waals surface area (Å²) >= 11 is 0. The third-order valence-electron chi connectivity index (χ3n) is 7.31. The maximum atomic E-state index is 13.9. The molecule has 0 aliphatic carbocycles. The Bertz CT molecular complexity index is 1210. The van der Waals surface area contributed by atoms with Gasteiger partial charge in [0.2, 0.25) is 5.91 Å². The van der Waals surface area contributed by atoms with Gasteiger partial charge in [0.05, 0.1) is 17.4 Å². The summed E-state index contributed by atoms with van der Waals surface area (Å²) in [7, 11) is 0. The SMILES string of the molecule is O=C(Nc1cnn(CC(=O)N2CCC[C@@]3(CCCN(Cc4ccccc4)C3)C2)c1)c1ccccc1F. The van der Waals surface area contributed by atoms with Crippen molar-refractivity contribution in [1.82, 2.24) is 19.6 Å². The van der Waals surface area contributed by atoms with E-state index in [0.717, 1.165) is 58.4 Å². The van der Waals surface area contributed by atoms with Gasteiger partial charge in [-0.05, 0) is 49.9 Å². The van der Waals surface area contributed by atoms with Gasteiger partial charge in [0.25, 0.3) is 5.91 Å². The molecule has 0 bridgehead atoms. The molecule has 1 spiro atoms. The van der Waals surface area contributed by atoms with Gasteiger partial charge in [0.15, 0.2) is 0 Å². The molecule has 2 fully saturated rings. The smallest absolute Gasteiger partial charge is 0.258 e. The highest BCUT2D eigenvalue weighted by Crippen LogP contribution is 2.39. The Labute approximate surface area is 210 Å². The van der Waals surface area contributed by atoms with Crippen molar-refractivity contribution in [2.75, 3.05) is 31.5 Å². The molecule has 2 aliphatic rings. The number of piperidine rings is 2. The minimum absolute atomic E-state index is 0.0318. The van der Waals surface area contributed by atoms with E-state index < -0.39 is 11.7 Å². The molecule has 2 aromatic carbocycles. The van der Waals surface area contributed by atoms with Crippen molar-refractivity contribution in [3.8, 4) is 0 Å². The number of hydrogen-bond acceptors (Lipinski definition) is 4. The van der Waals surface area contributed by atoms with E-state index in [1.165, 1.54) is 34.6 Å². The van der Waals surface area contributed by atoms with Crippen molar-refractivity contribution in [2.45, 2.75) is 38.8 Å². The van der Waals surface area contributed by atoms with Gasteiger partial charge in [-0.15, -0.1) is 0 Å². The van der Waals surface area contributed by atoms with Crippen LogP contribution >= 0.6 is 0 Å². The molecule has 0 radical (unpaired) electrons. The lowest BCUT2D eigenvalue weighted by atomic mass is 9.73. The number of amides is 2. The number of benzene rings is 2. The van der Waals surface area contributed by atoms with Crippen LogP contribution in [0.25, 0.3) is 0 Å². The van der Waals surface area contributed by atoms with Crippen LogP contribution < -0.4 is 5.32 Å². The lowest BCUT2D eigenvalue weighted by molar-refractivity contribution is -0.136. The molecular weight excluding hydrogens is 457 g/mol. The minimum Gasteiger partial charge on any atom is -0.340 e. The van der Waals surface area contributed by atoms with Crippen LogP contribution in [0.5, 0.6) is 0 Å². The van der Waals surface area contributed by atoms with Crippen molar-refractivity contribution < 1.29 is 14.0 Å². The average molecular weight is 490 g/mol. The first-order valence-corrected chi connectivity index (χ1v) is 12.6. The van der Waals surface area contributed by atoms with Crippen LogP contribution in [0.4, 0.5) is 10.1 Å². The van der Waals surface area contributed by atoms with Crippen LogP contribution in [-0.2, 0) is 17.9 Å². The third kappa shape index (κ3) is 5.65. The Morgan fingerprint density at radius 2 is 1.72 bits per heavy atom. The van der Waals surface area contributed by atoms with Crippen molar-refractivity contribution in [1.29, 1.82) is 0 Å². The number of nitrogens with zero attached hydrogens (tertiary/aromatic N) is 4. The van der Waals surface area contributed by atoms with E-state index in [1.807, 2.05) is 11.0 Å². The maximum absolute atomic E-state index is 13.9. The summed E-state index contributed by atoms with van der Waals surface area (Å²) in [6, 6.07) is 16.4. The van der Waals surface area contributed by atoms with Crippen molar-refractivity contribution in [3.05, 3.63) is 83.9 Å². The first-order valence-electron chi connectivity index (χ1n) is 12.6. The molecule has 8 heteroatoms. The molecule has 2 amide bonds. The van der Waals surface area contributed by atoms with Crippen molar-refractivity contribution in [2.24, 2.45) is 5.41 Å². The molecule has 0 unspecified atom stereocenters. The van der Waals surface area contributed by atoms with Crippen LogP contribution in [0.15, 0.2) is 67.0 Å². The number of carbonyl (C=O) groups is 2. The molecule has 36 heavy (non-hydrogen) atoms. The molecule has 1 N–H and O–H groups in total. The summed E-state index contributed by atoms with van der Waals surface area (Å²) in [4.78, 5) is 30.1. The molecule has 7 nitrogen and oxygen atoms in total. The van der Waals surface area contributed by atoms with Gasteiger partial charge < -0.3 is 10.2 Å². The van der Waals surface area contributed by atoms with Gasteiger partial charge in [0, 0.05) is 37.8 Å². The van der Waals surface area contributed by atoms with E-state index in [4.69, 9.17) is 0 Å². The van der Waals surface area contributed by atoms with Crippen molar-refractivity contribution >= 4 is 17.5 Å².